The molecule has 1 aliphatic heterocycles. The molecule has 1 saturated heterocycles. The molecule has 4 rings (SSSR count). The number of imidazole rings is 1. The molecule has 140 valence electrons. The maximum atomic E-state index is 12.8. The second-order valence-corrected chi connectivity index (χ2v) is 8.45. The minimum atomic E-state index is 0.126. The van der Waals surface area contributed by atoms with Gasteiger partial charge in [-0.15, -0.1) is 11.8 Å². The molecule has 1 aromatic heterocycles. The van der Waals surface area contributed by atoms with Crippen molar-refractivity contribution in [1.29, 1.82) is 0 Å². The van der Waals surface area contributed by atoms with Crippen LogP contribution in [0.2, 0.25) is 0 Å². The van der Waals surface area contributed by atoms with Crippen LogP contribution in [0.3, 0.4) is 0 Å². The summed E-state index contributed by atoms with van der Waals surface area (Å²) in [4.78, 5) is 20.8. The van der Waals surface area contributed by atoms with E-state index in [1.807, 2.05) is 23.1 Å². The Bertz CT molecular complexity index is 979. The molecule has 4 nitrogen and oxygen atoms in total. The van der Waals surface area contributed by atoms with E-state index in [4.69, 9.17) is 4.98 Å². The number of hydrogen-bond acceptors (Lipinski definition) is 3. The first-order valence-corrected chi connectivity index (χ1v) is 10.7. The maximum absolute atomic E-state index is 12.8. The minimum Gasteiger partial charge on any atom is -0.327 e. The lowest BCUT2D eigenvalue weighted by Crippen LogP contribution is -2.24. The van der Waals surface area contributed by atoms with E-state index >= 15 is 0 Å². The van der Waals surface area contributed by atoms with E-state index in [0.29, 0.717) is 18.9 Å². The number of para-hydroxylation sites is 2. The predicted molar refractivity (Wildman–Crippen MR) is 113 cm³/mol. The summed E-state index contributed by atoms with van der Waals surface area (Å²) in [6.07, 6.45) is 2.58. The zero-order chi connectivity index (χ0) is 19.0. The van der Waals surface area contributed by atoms with Gasteiger partial charge in [-0.1, -0.05) is 32.0 Å². The number of amides is 1. The smallest absolute Gasteiger partial charge is 0.227 e. The highest BCUT2D eigenvalue weighted by atomic mass is 32.2. The summed E-state index contributed by atoms with van der Waals surface area (Å²) in [5.74, 6) is 1.87. The van der Waals surface area contributed by atoms with E-state index in [0.717, 1.165) is 29.1 Å². The van der Waals surface area contributed by atoms with Gasteiger partial charge in [0.15, 0.2) is 0 Å². The van der Waals surface area contributed by atoms with Gasteiger partial charge in [0, 0.05) is 36.0 Å². The summed E-state index contributed by atoms with van der Waals surface area (Å²) in [5.41, 5.74) is 3.17. The molecule has 0 saturated carbocycles. The van der Waals surface area contributed by atoms with Gasteiger partial charge < -0.3 is 9.47 Å². The molecular weight excluding hydrogens is 354 g/mol. The van der Waals surface area contributed by atoms with E-state index in [1.54, 1.807) is 11.8 Å². The van der Waals surface area contributed by atoms with Crippen LogP contribution in [0.1, 0.15) is 32.0 Å². The molecule has 3 aromatic rings. The van der Waals surface area contributed by atoms with Crippen LogP contribution in [-0.2, 0) is 11.3 Å². The first-order valence-electron chi connectivity index (χ1n) is 9.46. The van der Waals surface area contributed by atoms with Gasteiger partial charge >= 0.3 is 0 Å². The molecule has 1 fully saturated rings. The second-order valence-electron chi connectivity index (χ2n) is 7.57. The zero-order valence-electron chi connectivity index (χ0n) is 16.1. The van der Waals surface area contributed by atoms with Crippen LogP contribution in [0.15, 0.2) is 53.4 Å². The monoisotopic (exact) mass is 379 g/mol. The van der Waals surface area contributed by atoms with Gasteiger partial charge in [0.1, 0.15) is 5.82 Å². The SMILES string of the molecule is CSc1cccc(N2C[C@@H](c3nc4ccccc4n3CC(C)C)CC2=O)c1. The normalized spacial score (nSPS) is 17.4. The fourth-order valence-electron chi connectivity index (χ4n) is 3.87. The van der Waals surface area contributed by atoms with Gasteiger partial charge in [-0.3, -0.25) is 4.79 Å². The Morgan fingerprint density at radius 3 is 2.78 bits per heavy atom. The van der Waals surface area contributed by atoms with Gasteiger partial charge in [0.2, 0.25) is 5.91 Å². The Hall–Kier alpha value is -2.27. The van der Waals surface area contributed by atoms with Gasteiger partial charge in [-0.25, -0.2) is 4.98 Å². The second kappa shape index (κ2) is 7.39. The average Bonchev–Trinajstić information content (AvgIpc) is 3.22. The summed E-state index contributed by atoms with van der Waals surface area (Å²) in [6, 6.07) is 16.5. The van der Waals surface area contributed by atoms with E-state index in [2.05, 4.69) is 55.0 Å². The largest absolute Gasteiger partial charge is 0.327 e. The molecule has 2 heterocycles. The number of carbonyl (C=O) groups is 1. The number of rotatable bonds is 5. The fraction of sp³-hybridized carbons (Fsp3) is 0.364. The maximum Gasteiger partial charge on any atom is 0.227 e. The van der Waals surface area contributed by atoms with Crippen molar-refractivity contribution in [2.75, 3.05) is 17.7 Å². The summed E-state index contributed by atoms with van der Waals surface area (Å²) < 4.78 is 2.32. The molecule has 0 N–H and O–H groups in total. The van der Waals surface area contributed by atoms with Gasteiger partial charge in [-0.05, 0) is 42.5 Å². The van der Waals surface area contributed by atoms with Crippen molar-refractivity contribution < 1.29 is 4.79 Å². The van der Waals surface area contributed by atoms with Crippen molar-refractivity contribution in [2.45, 2.75) is 37.6 Å². The average molecular weight is 380 g/mol. The first kappa shape index (κ1) is 18.1. The topological polar surface area (TPSA) is 38.1 Å². The highest BCUT2D eigenvalue weighted by Crippen LogP contribution is 2.34. The summed E-state index contributed by atoms with van der Waals surface area (Å²) in [6.45, 7) is 6.05. The van der Waals surface area contributed by atoms with Crippen LogP contribution < -0.4 is 4.90 Å². The van der Waals surface area contributed by atoms with Crippen molar-refractivity contribution in [2.24, 2.45) is 5.92 Å². The number of hydrogen-bond donors (Lipinski definition) is 0. The molecule has 0 radical (unpaired) electrons. The number of benzene rings is 2. The summed E-state index contributed by atoms with van der Waals surface area (Å²) >= 11 is 1.70. The van der Waals surface area contributed by atoms with Crippen LogP contribution in [0.4, 0.5) is 5.69 Å². The third-order valence-corrected chi connectivity index (χ3v) is 5.81. The predicted octanol–water partition coefficient (Wildman–Crippen LogP) is 4.93. The molecule has 0 spiro atoms. The summed E-state index contributed by atoms with van der Waals surface area (Å²) in [7, 11) is 0. The van der Waals surface area contributed by atoms with Crippen molar-refractivity contribution in [3.05, 3.63) is 54.4 Å². The standard InChI is InChI=1S/C22H25N3OS/c1-15(2)13-25-20-10-5-4-9-19(20)23-22(25)16-11-21(26)24(14-16)17-7-6-8-18(12-17)27-3/h4-10,12,15-16H,11,13-14H2,1-3H3/t16-/m0/s1. The molecule has 1 atom stereocenters. The highest BCUT2D eigenvalue weighted by Gasteiger charge is 2.35. The molecule has 0 aliphatic carbocycles. The van der Waals surface area contributed by atoms with Gasteiger partial charge in [-0.2, -0.15) is 0 Å². The van der Waals surface area contributed by atoms with E-state index in [1.165, 1.54) is 4.90 Å². The lowest BCUT2D eigenvalue weighted by molar-refractivity contribution is -0.117. The van der Waals surface area contributed by atoms with Crippen LogP contribution in [-0.4, -0.2) is 28.3 Å². The molecule has 5 heteroatoms. The van der Waals surface area contributed by atoms with Gasteiger partial charge in [0.05, 0.1) is 11.0 Å². The molecular formula is C22H25N3OS. The number of carbonyl (C=O) groups excluding carboxylic acids is 1. The third kappa shape index (κ3) is 3.48. The number of aromatic nitrogens is 2. The van der Waals surface area contributed by atoms with Crippen LogP contribution in [0, 0.1) is 5.92 Å². The fourth-order valence-corrected chi connectivity index (χ4v) is 4.32. The highest BCUT2D eigenvalue weighted by molar-refractivity contribution is 7.98. The zero-order valence-corrected chi connectivity index (χ0v) is 16.9. The lowest BCUT2D eigenvalue weighted by Gasteiger charge is -2.18. The number of fused-ring (bicyclic) bond motifs is 1. The molecule has 0 unspecified atom stereocenters. The Morgan fingerprint density at radius 2 is 2.00 bits per heavy atom. The Labute approximate surface area is 164 Å². The van der Waals surface area contributed by atoms with Crippen LogP contribution in [0.25, 0.3) is 11.0 Å². The van der Waals surface area contributed by atoms with Crippen molar-refractivity contribution >= 4 is 34.4 Å². The van der Waals surface area contributed by atoms with E-state index in [9.17, 15) is 4.79 Å². The Morgan fingerprint density at radius 1 is 1.19 bits per heavy atom. The number of nitrogens with zero attached hydrogens (tertiary/aromatic N) is 3. The van der Waals surface area contributed by atoms with Crippen LogP contribution in [0.5, 0.6) is 0 Å². The third-order valence-electron chi connectivity index (χ3n) is 5.09. The van der Waals surface area contributed by atoms with Crippen molar-refractivity contribution in [3.63, 3.8) is 0 Å². The minimum absolute atomic E-state index is 0.126. The van der Waals surface area contributed by atoms with Crippen molar-refractivity contribution in [1.82, 2.24) is 9.55 Å². The van der Waals surface area contributed by atoms with Crippen LogP contribution >= 0.6 is 11.8 Å². The number of thioether (sulfide) groups is 1. The van der Waals surface area contributed by atoms with E-state index in [-0.39, 0.29) is 11.8 Å². The quantitative estimate of drug-likeness (QED) is 0.590. The van der Waals surface area contributed by atoms with E-state index < -0.39 is 0 Å². The molecule has 1 amide bonds. The Balaban J connectivity index is 1.69. The van der Waals surface area contributed by atoms with Crippen molar-refractivity contribution in [3.8, 4) is 0 Å². The number of anilines is 1. The molecule has 2 aromatic carbocycles. The molecule has 27 heavy (non-hydrogen) atoms. The van der Waals surface area contributed by atoms with Gasteiger partial charge in [0.25, 0.3) is 0 Å². The molecule has 1 aliphatic rings. The molecule has 0 bridgehead atoms. The Kier molecular flexibility index (Phi) is 4.96. The first-order chi connectivity index (χ1) is 13.1. The lowest BCUT2D eigenvalue weighted by atomic mass is 10.1. The summed E-state index contributed by atoms with van der Waals surface area (Å²) in [5, 5.41) is 0.